The van der Waals surface area contributed by atoms with Crippen LogP contribution in [0.5, 0.6) is 0 Å². The number of nitrogens with zero attached hydrogens (tertiary/aromatic N) is 2. The first kappa shape index (κ1) is 13.6. The van der Waals surface area contributed by atoms with Crippen molar-refractivity contribution in [2.75, 3.05) is 12.8 Å². The fourth-order valence-corrected chi connectivity index (χ4v) is 2.10. The molecule has 19 heavy (non-hydrogen) atoms. The number of anilines is 1. The second-order valence-corrected chi connectivity index (χ2v) is 5.02. The molecule has 0 bridgehead atoms. The molecule has 0 aliphatic heterocycles. The van der Waals surface area contributed by atoms with Gasteiger partial charge >= 0.3 is 5.97 Å². The van der Waals surface area contributed by atoms with Gasteiger partial charge in [0, 0.05) is 4.47 Å². The summed E-state index contributed by atoms with van der Waals surface area (Å²) >= 11 is 3.39. The van der Waals surface area contributed by atoms with Crippen LogP contribution in [0.4, 0.5) is 5.82 Å². The zero-order chi connectivity index (χ0) is 14.0. The first-order valence-electron chi connectivity index (χ1n) is 5.70. The van der Waals surface area contributed by atoms with Crippen LogP contribution in [0.1, 0.15) is 29.0 Å². The molecule has 0 spiro atoms. The molecule has 0 aliphatic carbocycles. The topological polar surface area (TPSA) is 70.1 Å². The standard InChI is InChI=1S/C13H14BrN3O2/c1-8(9-3-5-10(14)6-4-9)17-7-16-11(12(17)15)13(18)19-2/h3-8H,15H2,1-2H3. The molecule has 0 amide bonds. The number of esters is 1. The van der Waals surface area contributed by atoms with Gasteiger partial charge in [-0.15, -0.1) is 0 Å². The van der Waals surface area contributed by atoms with Gasteiger partial charge in [-0.3, -0.25) is 0 Å². The van der Waals surface area contributed by atoms with Crippen LogP contribution in [0.25, 0.3) is 0 Å². The normalized spacial score (nSPS) is 12.2. The predicted octanol–water partition coefficient (Wildman–Crippen LogP) is 2.62. The summed E-state index contributed by atoms with van der Waals surface area (Å²) in [5.74, 6) is -0.221. The van der Waals surface area contributed by atoms with Crippen LogP contribution in [0.2, 0.25) is 0 Å². The van der Waals surface area contributed by atoms with Gasteiger partial charge in [0.2, 0.25) is 0 Å². The molecule has 0 fully saturated rings. The number of imidazole rings is 1. The molecule has 0 radical (unpaired) electrons. The van der Waals surface area contributed by atoms with Gasteiger partial charge in [0.1, 0.15) is 5.82 Å². The Kier molecular flexibility index (Phi) is 3.90. The lowest BCUT2D eigenvalue weighted by Crippen LogP contribution is -2.11. The highest BCUT2D eigenvalue weighted by molar-refractivity contribution is 9.10. The Hall–Kier alpha value is -1.82. The summed E-state index contributed by atoms with van der Waals surface area (Å²) in [5.41, 5.74) is 7.16. The average Bonchev–Trinajstić information content (AvgIpc) is 2.80. The molecule has 0 saturated heterocycles. The van der Waals surface area contributed by atoms with Gasteiger partial charge in [0.15, 0.2) is 5.69 Å². The zero-order valence-corrected chi connectivity index (χ0v) is 12.2. The second kappa shape index (κ2) is 5.44. The number of carbonyl (C=O) groups excluding carboxylic acids is 1. The monoisotopic (exact) mass is 323 g/mol. The highest BCUT2D eigenvalue weighted by Gasteiger charge is 2.19. The van der Waals surface area contributed by atoms with Crippen LogP contribution in [0.15, 0.2) is 35.1 Å². The Morgan fingerprint density at radius 1 is 1.42 bits per heavy atom. The van der Waals surface area contributed by atoms with Crippen LogP contribution in [-0.2, 0) is 4.74 Å². The lowest BCUT2D eigenvalue weighted by Gasteiger charge is -2.15. The molecule has 1 aromatic carbocycles. The Bertz CT molecular complexity index is 592. The van der Waals surface area contributed by atoms with Gasteiger partial charge in [-0.1, -0.05) is 28.1 Å². The van der Waals surface area contributed by atoms with Crippen LogP contribution < -0.4 is 5.73 Å². The van der Waals surface area contributed by atoms with Crippen molar-refractivity contribution in [2.45, 2.75) is 13.0 Å². The number of nitrogen functional groups attached to an aromatic ring is 1. The molecule has 6 heteroatoms. The predicted molar refractivity (Wildman–Crippen MR) is 75.9 cm³/mol. The minimum Gasteiger partial charge on any atom is -0.464 e. The molecule has 2 rings (SSSR count). The van der Waals surface area contributed by atoms with Crippen molar-refractivity contribution < 1.29 is 9.53 Å². The molecule has 2 aromatic rings. The van der Waals surface area contributed by atoms with Gasteiger partial charge in [0.25, 0.3) is 0 Å². The maximum absolute atomic E-state index is 11.5. The van der Waals surface area contributed by atoms with E-state index in [-0.39, 0.29) is 11.7 Å². The van der Waals surface area contributed by atoms with E-state index in [4.69, 9.17) is 5.73 Å². The zero-order valence-electron chi connectivity index (χ0n) is 10.6. The first-order valence-corrected chi connectivity index (χ1v) is 6.50. The number of carbonyl (C=O) groups is 1. The second-order valence-electron chi connectivity index (χ2n) is 4.10. The Balaban J connectivity index is 2.34. The maximum Gasteiger partial charge on any atom is 0.360 e. The highest BCUT2D eigenvalue weighted by Crippen LogP contribution is 2.24. The average molecular weight is 324 g/mol. The number of methoxy groups -OCH3 is 1. The Morgan fingerprint density at radius 3 is 2.63 bits per heavy atom. The first-order chi connectivity index (χ1) is 9.04. The maximum atomic E-state index is 11.5. The van der Waals surface area contributed by atoms with E-state index in [2.05, 4.69) is 25.7 Å². The molecule has 1 atom stereocenters. The number of ether oxygens (including phenoxy) is 1. The highest BCUT2D eigenvalue weighted by atomic mass is 79.9. The number of hydrogen-bond acceptors (Lipinski definition) is 4. The van der Waals surface area contributed by atoms with Gasteiger partial charge in [0.05, 0.1) is 19.5 Å². The molecule has 1 heterocycles. The van der Waals surface area contributed by atoms with Crippen LogP contribution in [0, 0.1) is 0 Å². The van der Waals surface area contributed by atoms with Crippen molar-refractivity contribution in [2.24, 2.45) is 0 Å². The summed E-state index contributed by atoms with van der Waals surface area (Å²) in [6.45, 7) is 1.99. The largest absolute Gasteiger partial charge is 0.464 e. The van der Waals surface area contributed by atoms with Crippen LogP contribution in [-0.4, -0.2) is 22.6 Å². The number of halogens is 1. The smallest absolute Gasteiger partial charge is 0.360 e. The van der Waals surface area contributed by atoms with Crippen LogP contribution in [0.3, 0.4) is 0 Å². The fraction of sp³-hybridized carbons (Fsp3) is 0.231. The molecule has 0 saturated carbocycles. The van der Waals surface area contributed by atoms with Crippen molar-refractivity contribution >= 4 is 27.7 Å². The van der Waals surface area contributed by atoms with Crippen LogP contribution >= 0.6 is 15.9 Å². The minimum atomic E-state index is -0.528. The molecule has 100 valence electrons. The lowest BCUT2D eigenvalue weighted by atomic mass is 10.1. The molecule has 2 N–H and O–H groups in total. The van der Waals surface area contributed by atoms with Crippen molar-refractivity contribution in [3.8, 4) is 0 Å². The van der Waals surface area contributed by atoms with E-state index in [1.165, 1.54) is 7.11 Å². The van der Waals surface area contributed by atoms with Crippen molar-refractivity contribution in [3.05, 3.63) is 46.3 Å². The summed E-state index contributed by atoms with van der Waals surface area (Å²) in [4.78, 5) is 15.5. The molecule has 1 unspecified atom stereocenters. The lowest BCUT2D eigenvalue weighted by molar-refractivity contribution is 0.0596. The Labute approximate surface area is 119 Å². The van der Waals surface area contributed by atoms with Gasteiger partial charge in [-0.25, -0.2) is 9.78 Å². The number of hydrogen-bond donors (Lipinski definition) is 1. The van der Waals surface area contributed by atoms with Crippen molar-refractivity contribution in [1.82, 2.24) is 9.55 Å². The third-order valence-electron chi connectivity index (χ3n) is 2.98. The summed E-state index contributed by atoms with van der Waals surface area (Å²) in [7, 11) is 1.30. The van der Waals surface area contributed by atoms with E-state index in [0.29, 0.717) is 5.82 Å². The molecule has 1 aromatic heterocycles. The molecule has 5 nitrogen and oxygen atoms in total. The van der Waals surface area contributed by atoms with Gasteiger partial charge in [-0.2, -0.15) is 0 Å². The van der Waals surface area contributed by atoms with E-state index in [1.54, 1.807) is 10.9 Å². The molecule has 0 aliphatic rings. The molecular weight excluding hydrogens is 310 g/mol. The Morgan fingerprint density at radius 2 is 2.05 bits per heavy atom. The number of rotatable bonds is 3. The summed E-state index contributed by atoms with van der Waals surface area (Å²) in [6.07, 6.45) is 1.55. The minimum absolute atomic E-state index is 0.0148. The van der Waals surface area contributed by atoms with Gasteiger partial charge < -0.3 is 15.0 Å². The molecular formula is C13H14BrN3O2. The van der Waals surface area contributed by atoms with Crippen molar-refractivity contribution in [3.63, 3.8) is 0 Å². The van der Waals surface area contributed by atoms with Gasteiger partial charge in [-0.05, 0) is 24.6 Å². The third-order valence-corrected chi connectivity index (χ3v) is 3.51. The summed E-state index contributed by atoms with van der Waals surface area (Å²) < 4.78 is 7.39. The summed E-state index contributed by atoms with van der Waals surface area (Å²) in [6, 6.07) is 7.89. The van der Waals surface area contributed by atoms with E-state index in [1.807, 2.05) is 31.2 Å². The number of nitrogens with two attached hydrogens (primary N) is 1. The third kappa shape index (κ3) is 2.63. The van der Waals surface area contributed by atoms with E-state index in [9.17, 15) is 4.79 Å². The quantitative estimate of drug-likeness (QED) is 0.881. The fourth-order valence-electron chi connectivity index (χ4n) is 1.84. The SMILES string of the molecule is COC(=O)c1ncn(C(C)c2ccc(Br)cc2)c1N. The number of aromatic nitrogens is 2. The van der Waals surface area contributed by atoms with E-state index < -0.39 is 5.97 Å². The van der Waals surface area contributed by atoms with E-state index >= 15 is 0 Å². The summed E-state index contributed by atoms with van der Waals surface area (Å²) in [5, 5.41) is 0. The number of benzene rings is 1. The van der Waals surface area contributed by atoms with E-state index in [0.717, 1.165) is 10.0 Å². The van der Waals surface area contributed by atoms with Crippen molar-refractivity contribution in [1.29, 1.82) is 0 Å².